The minimum absolute atomic E-state index is 0.214. The van der Waals surface area contributed by atoms with Crippen LogP contribution in [0.4, 0.5) is 5.82 Å². The zero-order chi connectivity index (χ0) is 14.1. The van der Waals surface area contributed by atoms with Crippen molar-refractivity contribution in [3.05, 3.63) is 29.8 Å². The van der Waals surface area contributed by atoms with Gasteiger partial charge in [0.05, 0.1) is 18.7 Å². The lowest BCUT2D eigenvalue weighted by molar-refractivity contribution is 0.175. The SMILES string of the molecule is COc1ccc2cc(CN3CCC(O)C3)c(N)nc2c1. The average molecular weight is 273 g/mol. The van der Waals surface area contributed by atoms with E-state index in [1.54, 1.807) is 7.11 Å². The number of nitrogens with two attached hydrogens (primary N) is 1. The van der Waals surface area contributed by atoms with Gasteiger partial charge in [-0.25, -0.2) is 4.98 Å². The Hall–Kier alpha value is -1.85. The number of fused-ring (bicyclic) bond motifs is 1. The third kappa shape index (κ3) is 2.55. The van der Waals surface area contributed by atoms with Crippen LogP contribution in [-0.2, 0) is 6.54 Å². The van der Waals surface area contributed by atoms with Crippen LogP contribution in [0, 0.1) is 0 Å². The minimum atomic E-state index is -0.214. The summed E-state index contributed by atoms with van der Waals surface area (Å²) in [6.07, 6.45) is 0.617. The van der Waals surface area contributed by atoms with Gasteiger partial charge in [-0.15, -0.1) is 0 Å². The van der Waals surface area contributed by atoms with Gasteiger partial charge >= 0.3 is 0 Å². The molecule has 106 valence electrons. The summed E-state index contributed by atoms with van der Waals surface area (Å²) in [6.45, 7) is 2.35. The molecule has 0 amide bonds. The van der Waals surface area contributed by atoms with Gasteiger partial charge in [0, 0.05) is 36.7 Å². The summed E-state index contributed by atoms with van der Waals surface area (Å²) in [4.78, 5) is 6.66. The highest BCUT2D eigenvalue weighted by molar-refractivity contribution is 5.82. The molecule has 1 aromatic heterocycles. The number of aromatic nitrogens is 1. The second kappa shape index (κ2) is 5.26. The largest absolute Gasteiger partial charge is 0.497 e. The molecule has 1 atom stereocenters. The van der Waals surface area contributed by atoms with Crippen molar-refractivity contribution in [2.75, 3.05) is 25.9 Å². The van der Waals surface area contributed by atoms with Crippen molar-refractivity contribution in [3.63, 3.8) is 0 Å². The van der Waals surface area contributed by atoms with Crippen LogP contribution in [0.5, 0.6) is 5.75 Å². The van der Waals surface area contributed by atoms with E-state index in [1.807, 2.05) is 18.2 Å². The van der Waals surface area contributed by atoms with Gasteiger partial charge in [0.15, 0.2) is 0 Å². The molecule has 1 aromatic carbocycles. The van der Waals surface area contributed by atoms with Gasteiger partial charge in [0.25, 0.3) is 0 Å². The fraction of sp³-hybridized carbons (Fsp3) is 0.400. The van der Waals surface area contributed by atoms with Crippen LogP contribution in [0.2, 0.25) is 0 Å². The Morgan fingerprint density at radius 2 is 2.30 bits per heavy atom. The van der Waals surface area contributed by atoms with Crippen molar-refractivity contribution in [1.82, 2.24) is 9.88 Å². The van der Waals surface area contributed by atoms with Crippen molar-refractivity contribution >= 4 is 16.7 Å². The van der Waals surface area contributed by atoms with E-state index < -0.39 is 0 Å². The molecule has 20 heavy (non-hydrogen) atoms. The van der Waals surface area contributed by atoms with Crippen LogP contribution in [0.3, 0.4) is 0 Å². The lowest BCUT2D eigenvalue weighted by Gasteiger charge is -2.16. The Morgan fingerprint density at radius 3 is 3.00 bits per heavy atom. The van der Waals surface area contributed by atoms with E-state index in [9.17, 15) is 5.11 Å². The number of nitrogens with zero attached hydrogens (tertiary/aromatic N) is 2. The Labute approximate surface area is 118 Å². The van der Waals surface area contributed by atoms with E-state index in [-0.39, 0.29) is 6.10 Å². The third-order valence-electron chi connectivity index (χ3n) is 3.78. The van der Waals surface area contributed by atoms with Gasteiger partial charge in [0.1, 0.15) is 11.6 Å². The summed E-state index contributed by atoms with van der Waals surface area (Å²) >= 11 is 0. The number of benzene rings is 1. The van der Waals surface area contributed by atoms with Crippen molar-refractivity contribution in [2.45, 2.75) is 19.1 Å². The standard InChI is InChI=1S/C15H19N3O2/c1-20-13-3-2-10-6-11(15(16)17-14(10)7-13)8-18-5-4-12(19)9-18/h2-3,6-7,12,19H,4-5,8-9H2,1H3,(H2,16,17). The molecule has 0 bridgehead atoms. The molecule has 2 aromatic rings. The van der Waals surface area contributed by atoms with Crippen LogP contribution >= 0.6 is 0 Å². The number of hydrogen-bond acceptors (Lipinski definition) is 5. The molecule has 0 aliphatic carbocycles. The first kappa shape index (κ1) is 13.1. The van der Waals surface area contributed by atoms with Gasteiger partial charge in [-0.05, 0) is 24.6 Å². The van der Waals surface area contributed by atoms with Crippen molar-refractivity contribution in [2.24, 2.45) is 0 Å². The topological polar surface area (TPSA) is 71.6 Å². The molecule has 0 spiro atoms. The first-order valence-corrected chi connectivity index (χ1v) is 6.79. The van der Waals surface area contributed by atoms with E-state index >= 15 is 0 Å². The maximum atomic E-state index is 9.57. The molecule has 3 rings (SSSR count). The number of hydrogen-bond donors (Lipinski definition) is 2. The van der Waals surface area contributed by atoms with E-state index in [2.05, 4.69) is 16.0 Å². The second-order valence-electron chi connectivity index (χ2n) is 5.27. The summed E-state index contributed by atoms with van der Waals surface area (Å²) < 4.78 is 5.19. The summed E-state index contributed by atoms with van der Waals surface area (Å²) in [5.41, 5.74) is 7.90. The molecule has 1 saturated heterocycles. The molecule has 2 heterocycles. The van der Waals surface area contributed by atoms with Crippen LogP contribution in [0.15, 0.2) is 24.3 Å². The molecule has 1 unspecified atom stereocenters. The molecule has 1 fully saturated rings. The number of aliphatic hydroxyl groups excluding tert-OH is 1. The van der Waals surface area contributed by atoms with E-state index in [1.165, 1.54) is 0 Å². The summed E-state index contributed by atoms with van der Waals surface area (Å²) in [5, 5.41) is 10.6. The van der Waals surface area contributed by atoms with Crippen molar-refractivity contribution in [3.8, 4) is 5.75 Å². The van der Waals surface area contributed by atoms with Gasteiger partial charge in [-0.3, -0.25) is 4.90 Å². The zero-order valence-corrected chi connectivity index (χ0v) is 11.5. The first-order chi connectivity index (χ1) is 9.65. The fourth-order valence-electron chi connectivity index (χ4n) is 2.66. The highest BCUT2D eigenvalue weighted by Gasteiger charge is 2.21. The second-order valence-corrected chi connectivity index (χ2v) is 5.27. The molecular formula is C15H19N3O2. The molecular weight excluding hydrogens is 254 g/mol. The van der Waals surface area contributed by atoms with E-state index in [0.29, 0.717) is 12.4 Å². The smallest absolute Gasteiger partial charge is 0.128 e. The van der Waals surface area contributed by atoms with Gasteiger partial charge in [-0.1, -0.05) is 0 Å². The van der Waals surface area contributed by atoms with Gasteiger partial charge < -0.3 is 15.6 Å². The Morgan fingerprint density at radius 1 is 1.45 bits per heavy atom. The molecule has 0 radical (unpaired) electrons. The molecule has 5 heteroatoms. The fourth-order valence-corrected chi connectivity index (χ4v) is 2.66. The number of anilines is 1. The number of nitrogen functional groups attached to an aromatic ring is 1. The van der Waals surface area contributed by atoms with Crippen LogP contribution in [-0.4, -0.2) is 41.3 Å². The predicted molar refractivity (Wildman–Crippen MR) is 78.6 cm³/mol. The first-order valence-electron chi connectivity index (χ1n) is 6.79. The number of pyridine rings is 1. The molecule has 0 saturated carbocycles. The normalized spacial score (nSPS) is 19.6. The Bertz CT molecular complexity index is 630. The molecule has 1 aliphatic rings. The lowest BCUT2D eigenvalue weighted by atomic mass is 10.1. The van der Waals surface area contributed by atoms with Crippen LogP contribution < -0.4 is 10.5 Å². The summed E-state index contributed by atoms with van der Waals surface area (Å²) in [6, 6.07) is 7.86. The molecule has 3 N–H and O–H groups in total. The number of aliphatic hydroxyl groups is 1. The molecule has 1 aliphatic heterocycles. The minimum Gasteiger partial charge on any atom is -0.497 e. The average Bonchev–Trinajstić information content (AvgIpc) is 2.84. The number of β-amino-alcohol motifs (C(OH)–C–C–N with tert-alkyl or cyclic N) is 1. The Balaban J connectivity index is 1.89. The zero-order valence-electron chi connectivity index (χ0n) is 11.5. The van der Waals surface area contributed by atoms with Crippen LogP contribution in [0.25, 0.3) is 10.9 Å². The number of rotatable bonds is 3. The number of ether oxygens (including phenoxy) is 1. The molecule has 5 nitrogen and oxygen atoms in total. The Kier molecular flexibility index (Phi) is 3.46. The van der Waals surface area contributed by atoms with Crippen LogP contribution in [0.1, 0.15) is 12.0 Å². The highest BCUT2D eigenvalue weighted by atomic mass is 16.5. The summed E-state index contributed by atoms with van der Waals surface area (Å²) in [7, 11) is 1.64. The predicted octanol–water partition coefficient (Wildman–Crippen LogP) is 1.39. The lowest BCUT2D eigenvalue weighted by Crippen LogP contribution is -2.22. The van der Waals surface area contributed by atoms with Crippen molar-refractivity contribution in [1.29, 1.82) is 0 Å². The monoisotopic (exact) mass is 273 g/mol. The quantitative estimate of drug-likeness (QED) is 0.884. The van der Waals surface area contributed by atoms with Crippen molar-refractivity contribution < 1.29 is 9.84 Å². The van der Waals surface area contributed by atoms with E-state index in [0.717, 1.165) is 41.7 Å². The maximum absolute atomic E-state index is 9.57. The third-order valence-corrected chi connectivity index (χ3v) is 3.78. The van der Waals surface area contributed by atoms with Gasteiger partial charge in [0.2, 0.25) is 0 Å². The van der Waals surface area contributed by atoms with Gasteiger partial charge in [-0.2, -0.15) is 0 Å². The summed E-state index contributed by atoms with van der Waals surface area (Å²) in [5.74, 6) is 1.33. The highest BCUT2D eigenvalue weighted by Crippen LogP contribution is 2.24. The maximum Gasteiger partial charge on any atom is 0.128 e. The number of likely N-dealkylation sites (tertiary alicyclic amines) is 1. The van der Waals surface area contributed by atoms with E-state index in [4.69, 9.17) is 10.5 Å². The number of methoxy groups -OCH3 is 1.